The number of rotatable bonds is 4. The third-order valence-corrected chi connectivity index (χ3v) is 4.34. The molecule has 4 rings (SSSR count). The molecule has 0 unspecified atom stereocenters. The van der Waals surface area contributed by atoms with Crippen molar-refractivity contribution in [2.24, 2.45) is 5.73 Å². The van der Waals surface area contributed by atoms with Gasteiger partial charge in [-0.05, 0) is 24.3 Å². The van der Waals surface area contributed by atoms with E-state index >= 15 is 0 Å². The van der Waals surface area contributed by atoms with Crippen LogP contribution in [0.2, 0.25) is 0 Å². The van der Waals surface area contributed by atoms with Gasteiger partial charge in [0.2, 0.25) is 0 Å². The molecular formula is C18H16BrN5. The Morgan fingerprint density at radius 1 is 1.08 bits per heavy atom. The van der Waals surface area contributed by atoms with Crippen LogP contribution in [-0.4, -0.2) is 27.5 Å². The van der Waals surface area contributed by atoms with Gasteiger partial charge in [0.1, 0.15) is 0 Å². The van der Waals surface area contributed by atoms with Crippen LogP contribution in [0.1, 0.15) is 0 Å². The predicted octanol–water partition coefficient (Wildman–Crippen LogP) is 3.68. The number of hydrogen-bond donors (Lipinski definition) is 2. The van der Waals surface area contributed by atoms with Crippen molar-refractivity contribution in [2.75, 3.05) is 18.4 Å². The number of para-hydroxylation sites is 2. The van der Waals surface area contributed by atoms with E-state index in [4.69, 9.17) is 15.7 Å². The van der Waals surface area contributed by atoms with E-state index in [0.717, 1.165) is 38.2 Å². The first kappa shape index (κ1) is 15.1. The molecule has 0 radical (unpaired) electrons. The summed E-state index contributed by atoms with van der Waals surface area (Å²) in [5.74, 6) is 0.750. The Balaban J connectivity index is 1.97. The van der Waals surface area contributed by atoms with Gasteiger partial charge in [0, 0.05) is 29.3 Å². The van der Waals surface area contributed by atoms with E-state index in [2.05, 4.69) is 50.0 Å². The Labute approximate surface area is 147 Å². The molecule has 4 aromatic rings. The Hall–Kier alpha value is -2.44. The summed E-state index contributed by atoms with van der Waals surface area (Å²) in [5, 5.41) is 3.28. The van der Waals surface area contributed by atoms with Crippen LogP contribution < -0.4 is 11.1 Å². The second-order valence-electron chi connectivity index (χ2n) is 5.49. The molecule has 6 heteroatoms. The van der Waals surface area contributed by atoms with E-state index in [-0.39, 0.29) is 0 Å². The average molecular weight is 382 g/mol. The van der Waals surface area contributed by atoms with Gasteiger partial charge in [-0.15, -0.1) is 0 Å². The second kappa shape index (κ2) is 6.22. The largest absolute Gasteiger partial charge is 0.366 e. The molecule has 24 heavy (non-hydrogen) atoms. The number of nitrogens with two attached hydrogens (primary N) is 1. The van der Waals surface area contributed by atoms with E-state index in [1.807, 2.05) is 30.3 Å². The molecule has 0 aliphatic rings. The molecule has 0 aliphatic heterocycles. The van der Waals surface area contributed by atoms with Crippen molar-refractivity contribution in [3.8, 4) is 11.3 Å². The van der Waals surface area contributed by atoms with Crippen LogP contribution in [-0.2, 0) is 0 Å². The summed E-state index contributed by atoms with van der Waals surface area (Å²) in [6, 6.07) is 16.2. The third-order valence-electron chi connectivity index (χ3n) is 3.85. The SMILES string of the molecule is NCCNc1nc2ccccc2n2cc(-c3cccc(Br)c3)nc12. The highest BCUT2D eigenvalue weighted by atomic mass is 79.9. The van der Waals surface area contributed by atoms with E-state index in [1.165, 1.54) is 0 Å². The molecule has 0 fully saturated rings. The Morgan fingerprint density at radius 2 is 1.96 bits per heavy atom. The molecule has 0 saturated carbocycles. The van der Waals surface area contributed by atoms with E-state index < -0.39 is 0 Å². The number of nitrogens with one attached hydrogen (secondary N) is 1. The number of anilines is 1. The summed E-state index contributed by atoms with van der Waals surface area (Å²) in [5.41, 5.74) is 10.3. The van der Waals surface area contributed by atoms with Gasteiger partial charge in [-0.2, -0.15) is 0 Å². The minimum Gasteiger partial charge on any atom is -0.366 e. The molecule has 0 saturated heterocycles. The topological polar surface area (TPSA) is 68.2 Å². The van der Waals surface area contributed by atoms with Crippen molar-refractivity contribution >= 4 is 38.4 Å². The molecule has 0 spiro atoms. The van der Waals surface area contributed by atoms with Crippen molar-refractivity contribution in [1.29, 1.82) is 0 Å². The first-order valence-electron chi connectivity index (χ1n) is 7.74. The highest BCUT2D eigenvalue weighted by Crippen LogP contribution is 2.27. The fourth-order valence-corrected chi connectivity index (χ4v) is 3.16. The van der Waals surface area contributed by atoms with Crippen LogP contribution in [0.3, 0.4) is 0 Å². The fourth-order valence-electron chi connectivity index (χ4n) is 2.76. The van der Waals surface area contributed by atoms with Gasteiger partial charge < -0.3 is 11.1 Å². The summed E-state index contributed by atoms with van der Waals surface area (Å²) in [7, 11) is 0. The number of imidazole rings is 1. The molecule has 3 N–H and O–H groups in total. The highest BCUT2D eigenvalue weighted by molar-refractivity contribution is 9.10. The van der Waals surface area contributed by atoms with Gasteiger partial charge in [0.15, 0.2) is 11.5 Å². The monoisotopic (exact) mass is 381 g/mol. The lowest BCUT2D eigenvalue weighted by Gasteiger charge is -2.08. The number of nitrogens with zero attached hydrogens (tertiary/aromatic N) is 3. The molecule has 0 atom stereocenters. The van der Waals surface area contributed by atoms with Gasteiger partial charge in [-0.3, -0.25) is 4.40 Å². The van der Waals surface area contributed by atoms with Crippen molar-refractivity contribution in [1.82, 2.24) is 14.4 Å². The summed E-state index contributed by atoms with van der Waals surface area (Å²) in [4.78, 5) is 9.51. The number of aromatic nitrogens is 3. The van der Waals surface area contributed by atoms with E-state index in [1.54, 1.807) is 0 Å². The summed E-state index contributed by atoms with van der Waals surface area (Å²) >= 11 is 3.52. The first-order valence-corrected chi connectivity index (χ1v) is 8.53. The lowest BCUT2D eigenvalue weighted by atomic mass is 10.2. The maximum atomic E-state index is 5.62. The Morgan fingerprint density at radius 3 is 2.79 bits per heavy atom. The van der Waals surface area contributed by atoms with Crippen molar-refractivity contribution in [2.45, 2.75) is 0 Å². The van der Waals surface area contributed by atoms with Crippen molar-refractivity contribution in [3.05, 3.63) is 59.2 Å². The average Bonchev–Trinajstić information content (AvgIpc) is 3.05. The van der Waals surface area contributed by atoms with Crippen LogP contribution in [0.25, 0.3) is 27.9 Å². The standard InChI is InChI=1S/C18H16BrN5/c19-13-5-3-4-12(10-13)15-11-24-16-7-2-1-6-14(16)22-17(18(24)23-15)21-9-8-20/h1-7,10-11H,8-9,20H2,(H,21,22). The van der Waals surface area contributed by atoms with Crippen LogP contribution in [0.5, 0.6) is 0 Å². The highest BCUT2D eigenvalue weighted by Gasteiger charge is 2.13. The molecule has 0 amide bonds. The summed E-state index contributed by atoms with van der Waals surface area (Å²) in [6.45, 7) is 1.19. The van der Waals surface area contributed by atoms with E-state index in [0.29, 0.717) is 13.1 Å². The van der Waals surface area contributed by atoms with Crippen LogP contribution in [0.15, 0.2) is 59.2 Å². The normalized spacial score (nSPS) is 11.2. The van der Waals surface area contributed by atoms with Gasteiger partial charge >= 0.3 is 0 Å². The zero-order chi connectivity index (χ0) is 16.5. The molecule has 2 heterocycles. The quantitative estimate of drug-likeness (QED) is 0.565. The van der Waals surface area contributed by atoms with Gasteiger partial charge in [0.05, 0.1) is 16.7 Å². The van der Waals surface area contributed by atoms with Gasteiger partial charge in [-0.1, -0.05) is 40.2 Å². The molecular weight excluding hydrogens is 366 g/mol. The zero-order valence-electron chi connectivity index (χ0n) is 12.9. The Kier molecular flexibility index (Phi) is 3.92. The van der Waals surface area contributed by atoms with Crippen molar-refractivity contribution in [3.63, 3.8) is 0 Å². The zero-order valence-corrected chi connectivity index (χ0v) is 14.5. The molecule has 0 aliphatic carbocycles. The maximum absolute atomic E-state index is 5.62. The second-order valence-corrected chi connectivity index (χ2v) is 6.41. The smallest absolute Gasteiger partial charge is 0.181 e. The molecule has 5 nitrogen and oxygen atoms in total. The minimum atomic E-state index is 0.542. The summed E-state index contributed by atoms with van der Waals surface area (Å²) < 4.78 is 3.11. The number of benzene rings is 2. The molecule has 120 valence electrons. The number of halogens is 1. The predicted molar refractivity (Wildman–Crippen MR) is 101 cm³/mol. The Bertz CT molecular complexity index is 1020. The third kappa shape index (κ3) is 2.64. The van der Waals surface area contributed by atoms with E-state index in [9.17, 15) is 0 Å². The molecule has 0 bridgehead atoms. The van der Waals surface area contributed by atoms with Crippen LogP contribution in [0.4, 0.5) is 5.82 Å². The van der Waals surface area contributed by atoms with Gasteiger partial charge in [0.25, 0.3) is 0 Å². The van der Waals surface area contributed by atoms with Gasteiger partial charge in [-0.25, -0.2) is 9.97 Å². The lowest BCUT2D eigenvalue weighted by molar-refractivity contribution is 1.01. The lowest BCUT2D eigenvalue weighted by Crippen LogP contribution is -2.14. The van der Waals surface area contributed by atoms with Crippen molar-refractivity contribution < 1.29 is 0 Å². The number of hydrogen-bond acceptors (Lipinski definition) is 4. The van der Waals surface area contributed by atoms with Crippen LogP contribution in [0, 0.1) is 0 Å². The number of fused-ring (bicyclic) bond motifs is 3. The maximum Gasteiger partial charge on any atom is 0.181 e. The molecule has 2 aromatic carbocycles. The minimum absolute atomic E-state index is 0.542. The molecule has 2 aromatic heterocycles. The van der Waals surface area contributed by atoms with Crippen LogP contribution >= 0.6 is 15.9 Å². The summed E-state index contributed by atoms with van der Waals surface area (Å²) in [6.07, 6.45) is 2.05. The first-order chi connectivity index (χ1) is 11.8. The fraction of sp³-hybridized carbons (Fsp3) is 0.111.